The number of nitrogens with zero attached hydrogens (tertiary/aromatic N) is 2. The second-order valence-corrected chi connectivity index (χ2v) is 13.8. The zero-order chi connectivity index (χ0) is 34.0. The average Bonchev–Trinajstić information content (AvgIpc) is 3.52. The molecule has 1 aromatic heterocycles. The minimum Gasteiger partial charge on any atom is -0.383 e. The smallest absolute Gasteiger partial charge is 0.128 e. The first-order chi connectivity index (χ1) is 24.5. The maximum absolute atomic E-state index is 6.77. The van der Waals surface area contributed by atoms with Gasteiger partial charge in [-0.1, -0.05) is 127 Å². The second kappa shape index (κ2) is 13.7. The van der Waals surface area contributed by atoms with Gasteiger partial charge in [0.15, 0.2) is 0 Å². The highest BCUT2D eigenvalue weighted by Crippen LogP contribution is 2.42. The van der Waals surface area contributed by atoms with Crippen molar-refractivity contribution in [2.24, 2.45) is 10.7 Å². The molecule has 0 saturated heterocycles. The second-order valence-electron chi connectivity index (χ2n) is 12.7. The van der Waals surface area contributed by atoms with E-state index in [9.17, 15) is 0 Å². The van der Waals surface area contributed by atoms with Crippen molar-refractivity contribution in [1.82, 2.24) is 9.88 Å². The lowest BCUT2D eigenvalue weighted by Gasteiger charge is -2.22. The maximum Gasteiger partial charge on any atom is 0.128 e. The molecule has 3 N–H and O–H groups in total. The number of rotatable bonds is 9. The quantitative estimate of drug-likeness (QED) is 0.119. The molecule has 0 aliphatic heterocycles. The highest BCUT2D eigenvalue weighted by Gasteiger charge is 2.19. The number of nitrogens with one attached hydrogen (secondary N) is 1. The molecule has 5 heteroatoms. The monoisotopic (exact) mass is 666 g/mol. The first-order valence-electron chi connectivity index (χ1n) is 17.0. The highest BCUT2D eigenvalue weighted by atomic mass is 32.2. The number of hydrogen-bond acceptors (Lipinski definition) is 3. The number of nitrogens with two attached hydrogens (primary N) is 1. The van der Waals surface area contributed by atoms with E-state index in [4.69, 9.17) is 10.7 Å². The van der Waals surface area contributed by atoms with Crippen molar-refractivity contribution in [1.29, 1.82) is 0 Å². The molecule has 1 heterocycles. The molecule has 8 aromatic rings. The predicted octanol–water partition coefficient (Wildman–Crippen LogP) is 11.2. The molecule has 0 aliphatic rings. The van der Waals surface area contributed by atoms with Gasteiger partial charge in [0.25, 0.3) is 0 Å². The highest BCUT2D eigenvalue weighted by molar-refractivity contribution is 7.99. The molecule has 0 amide bonds. The zero-order valence-corrected chi connectivity index (χ0v) is 28.9. The molecule has 244 valence electrons. The van der Waals surface area contributed by atoms with Crippen molar-refractivity contribution in [3.63, 3.8) is 0 Å². The van der Waals surface area contributed by atoms with Gasteiger partial charge in [-0.15, -0.1) is 0 Å². The third kappa shape index (κ3) is 6.07. The first kappa shape index (κ1) is 31.6. The summed E-state index contributed by atoms with van der Waals surface area (Å²) in [6.45, 7) is 4.41. The fourth-order valence-corrected chi connectivity index (χ4v) is 7.87. The number of hydrogen-bond donors (Lipinski definition) is 2. The van der Waals surface area contributed by atoms with Gasteiger partial charge >= 0.3 is 0 Å². The lowest BCUT2D eigenvalue weighted by molar-refractivity contribution is 0.480. The van der Waals surface area contributed by atoms with E-state index in [1.54, 1.807) is 0 Å². The average molecular weight is 667 g/mol. The van der Waals surface area contributed by atoms with Crippen LogP contribution in [-0.2, 0) is 0 Å². The Balaban J connectivity index is 1.20. The van der Waals surface area contributed by atoms with Crippen molar-refractivity contribution in [2.75, 3.05) is 0 Å². The molecule has 0 radical (unpaired) electrons. The van der Waals surface area contributed by atoms with Gasteiger partial charge in [0, 0.05) is 43.2 Å². The summed E-state index contributed by atoms with van der Waals surface area (Å²) in [4.78, 5) is 7.54. The van der Waals surface area contributed by atoms with Crippen LogP contribution < -0.4 is 11.1 Å². The molecule has 0 saturated carbocycles. The van der Waals surface area contributed by atoms with Crippen LogP contribution in [0.25, 0.3) is 38.3 Å². The number of aryl methyl sites for hydroxylation is 1. The van der Waals surface area contributed by atoms with Crippen molar-refractivity contribution in [3.8, 4) is 5.69 Å². The SMILES string of the molecule is Cc1c(Sc2ccccc2)ccc2c1c1ccc3ccccc3c1n2-c1ccc(C(N)=NC(NC(C)c2ccccc2)c2ccccc2)cc1. The fraction of sp³-hybridized carbons (Fsp3) is 0.0889. The Morgan fingerprint density at radius 3 is 2.02 bits per heavy atom. The van der Waals surface area contributed by atoms with Gasteiger partial charge in [-0.25, -0.2) is 4.99 Å². The number of amidine groups is 1. The van der Waals surface area contributed by atoms with E-state index >= 15 is 0 Å². The molecule has 2 unspecified atom stereocenters. The molecule has 2 atom stereocenters. The van der Waals surface area contributed by atoms with Crippen molar-refractivity contribution in [3.05, 3.63) is 186 Å². The van der Waals surface area contributed by atoms with Crippen LogP contribution in [0.15, 0.2) is 179 Å². The van der Waals surface area contributed by atoms with Crippen LogP contribution in [-0.4, -0.2) is 10.4 Å². The lowest BCUT2D eigenvalue weighted by atomic mass is 10.0. The van der Waals surface area contributed by atoms with E-state index in [1.807, 2.05) is 36.0 Å². The Kier molecular flexibility index (Phi) is 8.68. The predicted molar refractivity (Wildman–Crippen MR) is 211 cm³/mol. The summed E-state index contributed by atoms with van der Waals surface area (Å²) in [5.41, 5.74) is 14.7. The van der Waals surface area contributed by atoms with Gasteiger partial charge in [-0.3, -0.25) is 5.32 Å². The van der Waals surface area contributed by atoms with E-state index in [0.29, 0.717) is 5.84 Å². The van der Waals surface area contributed by atoms with E-state index in [1.165, 1.54) is 53.5 Å². The van der Waals surface area contributed by atoms with E-state index < -0.39 is 0 Å². The molecule has 50 heavy (non-hydrogen) atoms. The number of fused-ring (bicyclic) bond motifs is 5. The normalized spacial score (nSPS) is 13.2. The van der Waals surface area contributed by atoms with Gasteiger partial charge in [0.2, 0.25) is 0 Å². The van der Waals surface area contributed by atoms with Crippen LogP contribution in [0.1, 0.15) is 41.4 Å². The standard InChI is InChI=1S/C45H38N4S/c1-30-41(50-37-19-10-5-11-20-37)29-28-40-42(30)39-27-24-33-16-12-13-21-38(33)43(39)49(40)36-25-22-34(23-26-36)44(46)48-45(35-17-8-4-9-18-35)47-31(2)32-14-6-3-7-15-32/h3-29,31,45,47H,1-2H3,(H2,46,48). The largest absolute Gasteiger partial charge is 0.383 e. The molecule has 0 fully saturated rings. The van der Waals surface area contributed by atoms with Crippen LogP contribution in [0.3, 0.4) is 0 Å². The van der Waals surface area contributed by atoms with Crippen molar-refractivity contribution in [2.45, 2.75) is 35.8 Å². The number of aliphatic imine (C=N–C) groups is 1. The Morgan fingerprint density at radius 1 is 0.660 bits per heavy atom. The van der Waals surface area contributed by atoms with Gasteiger partial charge in [0.1, 0.15) is 12.0 Å². The van der Waals surface area contributed by atoms with E-state index in [2.05, 4.69) is 163 Å². The first-order valence-corrected chi connectivity index (χ1v) is 17.9. The third-order valence-corrected chi connectivity index (χ3v) is 10.7. The topological polar surface area (TPSA) is 55.3 Å². The Bertz CT molecular complexity index is 2450. The number of aromatic nitrogens is 1. The fourth-order valence-electron chi connectivity index (χ4n) is 6.93. The van der Waals surface area contributed by atoms with Gasteiger partial charge in [-0.05, 0) is 84.5 Å². The minimum atomic E-state index is -0.305. The molecule has 4 nitrogen and oxygen atoms in total. The van der Waals surface area contributed by atoms with E-state index in [-0.39, 0.29) is 12.2 Å². The van der Waals surface area contributed by atoms with Crippen LogP contribution in [0.4, 0.5) is 0 Å². The Hall–Kier alpha value is -5.62. The van der Waals surface area contributed by atoms with Gasteiger partial charge in [-0.2, -0.15) is 0 Å². The minimum absolute atomic E-state index is 0.0838. The molecular weight excluding hydrogens is 629 g/mol. The zero-order valence-electron chi connectivity index (χ0n) is 28.1. The Labute approximate surface area is 297 Å². The summed E-state index contributed by atoms with van der Waals surface area (Å²) in [7, 11) is 0. The van der Waals surface area contributed by atoms with E-state index in [0.717, 1.165) is 16.8 Å². The van der Waals surface area contributed by atoms with Crippen LogP contribution in [0, 0.1) is 6.92 Å². The summed E-state index contributed by atoms with van der Waals surface area (Å²) >= 11 is 1.82. The lowest BCUT2D eigenvalue weighted by Crippen LogP contribution is -2.26. The molecular formula is C45H38N4S. The molecule has 7 aromatic carbocycles. The van der Waals surface area contributed by atoms with Crippen LogP contribution >= 0.6 is 11.8 Å². The molecule has 0 spiro atoms. The summed E-state index contributed by atoms with van der Waals surface area (Å²) in [6.07, 6.45) is -0.305. The summed E-state index contributed by atoms with van der Waals surface area (Å²) in [5, 5.41) is 8.67. The van der Waals surface area contributed by atoms with Crippen LogP contribution in [0.5, 0.6) is 0 Å². The van der Waals surface area contributed by atoms with Gasteiger partial charge in [0.05, 0.1) is 11.0 Å². The molecule has 0 bridgehead atoms. The van der Waals surface area contributed by atoms with Gasteiger partial charge < -0.3 is 10.3 Å². The summed E-state index contributed by atoms with van der Waals surface area (Å²) < 4.78 is 2.41. The third-order valence-electron chi connectivity index (χ3n) is 9.51. The van der Waals surface area contributed by atoms with Crippen molar-refractivity contribution < 1.29 is 0 Å². The summed E-state index contributed by atoms with van der Waals surface area (Å²) in [5.74, 6) is 0.490. The summed E-state index contributed by atoms with van der Waals surface area (Å²) in [6, 6.07) is 57.6. The van der Waals surface area contributed by atoms with Crippen LogP contribution in [0.2, 0.25) is 0 Å². The van der Waals surface area contributed by atoms with Crippen molar-refractivity contribution >= 4 is 50.2 Å². The molecule has 0 aliphatic carbocycles. The maximum atomic E-state index is 6.77. The number of benzene rings is 7. The molecule has 8 rings (SSSR count). The Morgan fingerprint density at radius 2 is 1.30 bits per heavy atom.